The predicted octanol–water partition coefficient (Wildman–Crippen LogP) is 7.67. The Morgan fingerprint density at radius 1 is 0.845 bits per heavy atom. The summed E-state index contributed by atoms with van der Waals surface area (Å²) in [7, 11) is 1.26. The molecule has 0 saturated carbocycles. The van der Waals surface area contributed by atoms with Gasteiger partial charge in [0.15, 0.2) is 20.9 Å². The van der Waals surface area contributed by atoms with E-state index in [1.165, 1.54) is 11.7 Å². The van der Waals surface area contributed by atoms with E-state index in [2.05, 4.69) is 85.6 Å². The van der Waals surface area contributed by atoms with E-state index in [1.807, 2.05) is 33.9 Å². The van der Waals surface area contributed by atoms with Gasteiger partial charge < -0.3 is 44.8 Å². The van der Waals surface area contributed by atoms with Gasteiger partial charge in [0, 0.05) is 56.8 Å². The van der Waals surface area contributed by atoms with E-state index >= 15 is 0 Å². The van der Waals surface area contributed by atoms with Crippen LogP contribution in [0, 0.1) is 17.8 Å². The Hall–Kier alpha value is -3.34. The van der Waals surface area contributed by atoms with Crippen LogP contribution in [0.3, 0.4) is 0 Å². The molecule has 2 saturated heterocycles. The van der Waals surface area contributed by atoms with Gasteiger partial charge in [0.25, 0.3) is 11.5 Å². The van der Waals surface area contributed by atoms with Crippen molar-refractivity contribution in [2.75, 3.05) is 33.3 Å². The molecular weight excluding hydrogens is 1020 g/mol. The average molecular weight is 1080 g/mol. The molecule has 0 radical (unpaired) electrons. The normalized spacial score (nSPS) is 18.8. The minimum atomic E-state index is -0.833. The average Bonchev–Trinajstić information content (AvgIpc) is 3.78. The number of amides is 2. The number of halogens is 4. The number of rotatable bonds is 5. The maximum absolute atomic E-state index is 12.9. The van der Waals surface area contributed by atoms with Crippen molar-refractivity contribution in [2.24, 2.45) is 17.8 Å². The van der Waals surface area contributed by atoms with Crippen LogP contribution < -0.4 is 11.7 Å². The molecule has 5 N–H and O–H groups in total. The van der Waals surface area contributed by atoms with Gasteiger partial charge >= 0.3 is 18.2 Å². The van der Waals surface area contributed by atoms with Gasteiger partial charge in [0.1, 0.15) is 25.9 Å². The molecule has 2 fully saturated rings. The minimum absolute atomic E-state index is 0. The van der Waals surface area contributed by atoms with Gasteiger partial charge in [-0.1, -0.05) is 21.3 Å². The van der Waals surface area contributed by atoms with Crippen LogP contribution in [0.15, 0.2) is 29.7 Å². The number of carbonyl (C=O) groups excluding carboxylic acids is 4. The molecule has 2 aliphatic heterocycles. The number of fused-ring (bicyclic) bond motifs is 1. The lowest BCUT2D eigenvalue weighted by molar-refractivity contribution is -0.134. The highest BCUT2D eigenvalue weighted by Gasteiger charge is 2.40. The van der Waals surface area contributed by atoms with Gasteiger partial charge in [-0.2, -0.15) is 0 Å². The standard InChI is InChI=1S/C17H23Br2N3O5.C16H20Br2N4O3.C2H4O2.CH4.H3N/c1-9-6-21(16(25)27-17(2,3)4)7-10(9)11(23)8-22-12(14(24)26-5)13(18)20-15(22)19;1-8-5-21(15(24)25-16(2,3)4)6-9(8)10-7-22-11(13(23)19-10)12(17)20-14(22)18;1-2(3)4;;/h9-10H,6-8H2,1-5H3;7-9H,5-6H2,1-4H3,(H,19,23);1H3,(H,3,4);1H4;1H3/t9-,10-;8-,9-;;;/m11.../s1. The Labute approximate surface area is 371 Å². The predicted molar refractivity (Wildman–Crippen MR) is 230 cm³/mol. The van der Waals surface area contributed by atoms with Crippen molar-refractivity contribution in [1.82, 2.24) is 39.9 Å². The first-order valence-electron chi connectivity index (χ1n) is 17.4. The van der Waals surface area contributed by atoms with E-state index < -0.39 is 29.2 Å². The minimum Gasteiger partial charge on any atom is -0.481 e. The fourth-order valence-corrected chi connectivity index (χ4v) is 8.56. The second-order valence-electron chi connectivity index (χ2n) is 15.5. The molecular formula is C36H54Br4N8O10. The number of ether oxygens (including phenoxy) is 3. The van der Waals surface area contributed by atoms with Crippen LogP contribution in [0.4, 0.5) is 9.59 Å². The number of aliphatic carboxylic acids is 1. The smallest absolute Gasteiger partial charge is 0.410 e. The number of carboxylic acid groups (broad SMARTS) is 1. The lowest BCUT2D eigenvalue weighted by atomic mass is 9.93. The van der Waals surface area contributed by atoms with Gasteiger partial charge in [-0.3, -0.25) is 18.8 Å². The zero-order valence-electron chi connectivity index (χ0n) is 33.4. The number of likely N-dealkylation sites (tertiary alicyclic amines) is 2. The summed E-state index contributed by atoms with van der Waals surface area (Å²) in [6.07, 6.45) is 1.11. The quantitative estimate of drug-likeness (QED) is 0.164. The Bertz CT molecular complexity index is 2020. The molecule has 2 amide bonds. The van der Waals surface area contributed by atoms with Crippen molar-refractivity contribution >= 4 is 99.1 Å². The molecule has 3 aromatic rings. The summed E-state index contributed by atoms with van der Waals surface area (Å²) in [6.45, 7) is 17.8. The van der Waals surface area contributed by atoms with E-state index in [-0.39, 0.29) is 73.5 Å². The number of nitrogens with zero attached hydrogens (tertiary/aromatic N) is 6. The molecule has 0 aromatic carbocycles. The third-order valence-electron chi connectivity index (χ3n) is 8.48. The fourth-order valence-electron chi connectivity index (χ4n) is 6.07. The second-order valence-corrected chi connectivity index (χ2v) is 18.4. The third kappa shape index (κ3) is 13.9. The zero-order valence-corrected chi connectivity index (χ0v) is 39.8. The van der Waals surface area contributed by atoms with E-state index in [1.54, 1.807) is 35.0 Å². The number of nitrogens with one attached hydrogen (secondary N) is 1. The number of ketones is 1. The molecule has 5 rings (SSSR count). The van der Waals surface area contributed by atoms with Crippen LogP contribution in [-0.2, 0) is 30.3 Å². The van der Waals surface area contributed by atoms with Crippen LogP contribution in [0.1, 0.15) is 91.8 Å². The number of imidazole rings is 2. The summed E-state index contributed by atoms with van der Waals surface area (Å²) >= 11 is 13.1. The van der Waals surface area contributed by atoms with Crippen molar-refractivity contribution in [3.05, 3.63) is 46.6 Å². The second kappa shape index (κ2) is 21.3. The number of esters is 1. The number of carboxylic acids is 1. The van der Waals surface area contributed by atoms with Crippen LogP contribution in [-0.4, -0.2) is 113 Å². The Kier molecular flexibility index (Phi) is 19.3. The first kappa shape index (κ1) is 52.7. The zero-order chi connectivity index (χ0) is 42.6. The monoisotopic (exact) mass is 1070 g/mol. The van der Waals surface area contributed by atoms with Crippen LogP contribution in [0.5, 0.6) is 0 Å². The maximum Gasteiger partial charge on any atom is 0.410 e. The molecule has 3 aromatic heterocycles. The summed E-state index contributed by atoms with van der Waals surface area (Å²) < 4.78 is 20.5. The van der Waals surface area contributed by atoms with Crippen LogP contribution >= 0.6 is 63.7 Å². The number of methoxy groups -OCH3 is 1. The summed E-state index contributed by atoms with van der Waals surface area (Å²) in [5.74, 6) is -1.66. The van der Waals surface area contributed by atoms with Crippen molar-refractivity contribution < 1.29 is 43.3 Å². The molecule has 0 aliphatic carbocycles. The Balaban J connectivity index is 0.000000515. The lowest BCUT2D eigenvalue weighted by Gasteiger charge is -2.24. The molecule has 326 valence electrons. The number of hydrogen-bond donors (Lipinski definition) is 3. The summed E-state index contributed by atoms with van der Waals surface area (Å²) in [5, 5.41) is 7.42. The molecule has 0 unspecified atom stereocenters. The summed E-state index contributed by atoms with van der Waals surface area (Å²) in [6, 6.07) is 0. The van der Waals surface area contributed by atoms with Crippen molar-refractivity contribution in [2.45, 2.75) is 93.4 Å². The molecule has 18 nitrogen and oxygen atoms in total. The molecule has 2 aliphatic rings. The van der Waals surface area contributed by atoms with Crippen molar-refractivity contribution in [3.63, 3.8) is 0 Å². The van der Waals surface area contributed by atoms with Crippen LogP contribution in [0.25, 0.3) is 5.52 Å². The van der Waals surface area contributed by atoms with E-state index in [4.69, 9.17) is 24.1 Å². The SMILES string of the molecule is C.CC(=O)O.COC(=O)c1c(Br)nc(Br)n1CC(=O)[C@@H]1CN(C(=O)OC(C)(C)C)C[C@H]1C.C[C@@H]1CN(C(=O)OC(C)(C)C)C[C@H]1c1cn2c(Br)nc(Br)c2c(=O)[nH]1.N. The van der Waals surface area contributed by atoms with E-state index in [9.17, 15) is 24.0 Å². The van der Waals surface area contributed by atoms with Gasteiger partial charge in [0.2, 0.25) is 0 Å². The van der Waals surface area contributed by atoms with Gasteiger partial charge in [-0.05, 0) is 117 Å². The first-order valence-corrected chi connectivity index (χ1v) is 20.6. The highest BCUT2D eigenvalue weighted by atomic mass is 79.9. The number of aromatic amines is 1. The highest BCUT2D eigenvalue weighted by Crippen LogP contribution is 2.33. The van der Waals surface area contributed by atoms with Crippen LogP contribution in [0.2, 0.25) is 0 Å². The number of Topliss-reactive ketones (excluding diaryl/α,β-unsaturated/α-hetero) is 1. The van der Waals surface area contributed by atoms with Gasteiger partial charge in [0.05, 0.1) is 13.7 Å². The third-order valence-corrected chi connectivity index (χ3v) is 10.7. The van der Waals surface area contributed by atoms with E-state index in [0.29, 0.717) is 43.8 Å². The molecule has 5 heterocycles. The van der Waals surface area contributed by atoms with Crippen molar-refractivity contribution in [1.29, 1.82) is 0 Å². The highest BCUT2D eigenvalue weighted by molar-refractivity contribution is 9.11. The van der Waals surface area contributed by atoms with Gasteiger partial charge in [-0.25, -0.2) is 24.4 Å². The molecule has 0 bridgehead atoms. The number of H-pyrrole nitrogens is 1. The summed E-state index contributed by atoms with van der Waals surface area (Å²) in [5.41, 5.74) is 0.0514. The fraction of sp³-hybridized carbons (Fsp3) is 0.611. The molecule has 58 heavy (non-hydrogen) atoms. The largest absolute Gasteiger partial charge is 0.481 e. The number of carbonyl (C=O) groups is 5. The Morgan fingerprint density at radius 3 is 1.83 bits per heavy atom. The van der Waals surface area contributed by atoms with Gasteiger partial charge in [-0.15, -0.1) is 0 Å². The molecule has 0 spiro atoms. The van der Waals surface area contributed by atoms with E-state index in [0.717, 1.165) is 12.6 Å². The van der Waals surface area contributed by atoms with Crippen molar-refractivity contribution in [3.8, 4) is 0 Å². The molecule has 22 heteroatoms. The Morgan fingerprint density at radius 2 is 1.33 bits per heavy atom. The molecule has 4 atom stereocenters. The topological polar surface area (TPSA) is 243 Å². The first-order chi connectivity index (χ1) is 25.7. The number of aromatic nitrogens is 5. The summed E-state index contributed by atoms with van der Waals surface area (Å²) in [4.78, 5) is 85.4. The number of hydrogen-bond acceptors (Lipinski definition) is 12. The lowest BCUT2D eigenvalue weighted by Crippen LogP contribution is -2.36. The maximum atomic E-state index is 12.9.